The fraction of sp³-hybridized carbons (Fsp3) is 1.00. The molecule has 1 nitrogen and oxygen atoms in total. The molecule has 1 fully saturated rings. The van der Waals surface area contributed by atoms with Gasteiger partial charge in [0.2, 0.25) is 0 Å². The van der Waals surface area contributed by atoms with Crippen LogP contribution in [0.2, 0.25) is 0 Å². The number of hydrogen-bond donors (Lipinski definition) is 0. The maximum absolute atomic E-state index is 9.75. The molecule has 1 heterocycles. The minimum absolute atomic E-state index is 1.37. The Labute approximate surface area is 115 Å². The molecule has 6 heteroatoms. The molecule has 0 aromatic carbocycles. The van der Waals surface area contributed by atoms with E-state index in [1.54, 1.807) is 0 Å². The van der Waals surface area contributed by atoms with Crippen molar-refractivity contribution in [2.45, 2.75) is 58.8 Å². The van der Waals surface area contributed by atoms with Gasteiger partial charge in [-0.15, -0.1) is 0 Å². The first-order valence-corrected chi connectivity index (χ1v) is 7.55. The molecule has 0 N–H and O–H groups in total. The van der Waals surface area contributed by atoms with Crippen molar-refractivity contribution >= 4 is 7.25 Å². The Morgan fingerprint density at radius 3 is 1.47 bits per heavy atom. The van der Waals surface area contributed by atoms with Crippen LogP contribution in [0.4, 0.5) is 17.3 Å². The van der Waals surface area contributed by atoms with Crippen LogP contribution >= 0.6 is 0 Å². The van der Waals surface area contributed by atoms with Gasteiger partial charge in [0.1, 0.15) is 0 Å². The van der Waals surface area contributed by atoms with E-state index >= 15 is 0 Å². The number of hydrogen-bond acceptors (Lipinski definition) is 0. The Hall–Kier alpha value is -0.255. The number of quaternary nitrogens is 1. The second-order valence-corrected chi connectivity index (χ2v) is 5.50. The van der Waals surface area contributed by atoms with Crippen molar-refractivity contribution in [1.82, 2.24) is 0 Å². The van der Waals surface area contributed by atoms with Crippen molar-refractivity contribution in [2.24, 2.45) is 0 Å². The highest BCUT2D eigenvalue weighted by atomic mass is 19.5. The molecule has 0 amide bonds. The summed E-state index contributed by atoms with van der Waals surface area (Å²) in [4.78, 5) is 0. The van der Waals surface area contributed by atoms with Gasteiger partial charge in [-0.25, -0.2) is 0 Å². The summed E-state index contributed by atoms with van der Waals surface area (Å²) in [5, 5.41) is 0. The monoisotopic (exact) mass is 285 g/mol. The fourth-order valence-electron chi connectivity index (χ4n) is 2.73. The summed E-state index contributed by atoms with van der Waals surface area (Å²) in [6, 6.07) is 0. The van der Waals surface area contributed by atoms with E-state index in [-0.39, 0.29) is 0 Å². The lowest BCUT2D eigenvalue weighted by molar-refractivity contribution is -0.932. The van der Waals surface area contributed by atoms with E-state index in [1.807, 2.05) is 0 Å². The van der Waals surface area contributed by atoms with Gasteiger partial charge in [0.05, 0.1) is 26.2 Å². The molecule has 1 saturated heterocycles. The topological polar surface area (TPSA) is 0 Å². The summed E-state index contributed by atoms with van der Waals surface area (Å²) in [5.74, 6) is 0. The van der Waals surface area contributed by atoms with E-state index in [4.69, 9.17) is 0 Å². The van der Waals surface area contributed by atoms with E-state index in [2.05, 4.69) is 13.8 Å². The van der Waals surface area contributed by atoms with Crippen LogP contribution in [0, 0.1) is 0 Å². The van der Waals surface area contributed by atoms with Crippen LogP contribution in [-0.2, 0) is 0 Å². The van der Waals surface area contributed by atoms with Gasteiger partial charge >= 0.3 is 7.25 Å². The predicted octanol–water partition coefficient (Wildman–Crippen LogP) is 4.89. The zero-order valence-electron chi connectivity index (χ0n) is 12.3. The molecule has 0 unspecified atom stereocenters. The first-order valence-electron chi connectivity index (χ1n) is 7.55. The van der Waals surface area contributed by atoms with Gasteiger partial charge < -0.3 is 21.7 Å². The molecule has 0 radical (unpaired) electrons. The van der Waals surface area contributed by atoms with Crippen LogP contribution in [0.3, 0.4) is 0 Å². The first-order chi connectivity index (χ1) is 8.83. The van der Waals surface area contributed by atoms with Gasteiger partial charge in [-0.1, -0.05) is 26.7 Å². The summed E-state index contributed by atoms with van der Waals surface area (Å²) in [5.41, 5.74) is 0. The molecule has 0 atom stereocenters. The molecular weight excluding hydrogens is 257 g/mol. The molecule has 0 aliphatic carbocycles. The normalized spacial score (nSPS) is 18.6. The third kappa shape index (κ3) is 11.3. The minimum Gasteiger partial charge on any atom is -0.418 e. The van der Waals surface area contributed by atoms with Crippen LogP contribution in [0.1, 0.15) is 58.8 Å². The summed E-state index contributed by atoms with van der Waals surface area (Å²) < 4.78 is 40.5. The van der Waals surface area contributed by atoms with Gasteiger partial charge in [-0.05, 0) is 32.1 Å². The van der Waals surface area contributed by atoms with E-state index in [0.717, 1.165) is 0 Å². The lowest BCUT2D eigenvalue weighted by Gasteiger charge is -2.41. The fourth-order valence-corrected chi connectivity index (χ4v) is 2.73. The van der Waals surface area contributed by atoms with E-state index < -0.39 is 7.25 Å². The van der Waals surface area contributed by atoms with Crippen molar-refractivity contribution < 1.29 is 21.7 Å². The number of nitrogens with zero attached hydrogens (tertiary/aromatic N) is 1. The van der Waals surface area contributed by atoms with E-state index in [9.17, 15) is 17.3 Å². The number of unbranched alkanes of at least 4 members (excludes halogenated alkanes) is 2. The molecule has 19 heavy (non-hydrogen) atoms. The summed E-state index contributed by atoms with van der Waals surface area (Å²) >= 11 is 0. The summed E-state index contributed by atoms with van der Waals surface area (Å²) in [6.45, 7) is 10.5. The van der Waals surface area contributed by atoms with E-state index in [0.29, 0.717) is 0 Å². The first kappa shape index (κ1) is 18.7. The number of piperidine rings is 1. The predicted molar refractivity (Wildman–Crippen MR) is 73.6 cm³/mol. The zero-order chi connectivity index (χ0) is 14.8. The third-order valence-electron chi connectivity index (χ3n) is 3.74. The Morgan fingerprint density at radius 2 is 1.16 bits per heavy atom. The van der Waals surface area contributed by atoms with Gasteiger partial charge in [-0.3, -0.25) is 0 Å². The molecule has 1 aliphatic heterocycles. The SMILES string of the molecule is CCCC[N+]1(CCCC)CCCCC1.F[B-](F)(F)F. The average molecular weight is 285 g/mol. The molecule has 0 aromatic heterocycles. The van der Waals surface area contributed by atoms with Crippen molar-refractivity contribution in [2.75, 3.05) is 26.2 Å². The highest BCUT2D eigenvalue weighted by Gasteiger charge is 2.28. The van der Waals surface area contributed by atoms with Gasteiger partial charge in [-0.2, -0.15) is 0 Å². The second kappa shape index (κ2) is 9.62. The second-order valence-electron chi connectivity index (χ2n) is 5.50. The lowest BCUT2D eigenvalue weighted by Crippen LogP contribution is -2.52. The lowest BCUT2D eigenvalue weighted by atomic mass is 10.1. The number of rotatable bonds is 6. The Bertz CT molecular complexity index is 199. The molecular formula is C13H28BF4N. The zero-order valence-corrected chi connectivity index (χ0v) is 12.3. The number of halogens is 4. The van der Waals surface area contributed by atoms with Crippen LogP contribution in [0.25, 0.3) is 0 Å². The molecule has 0 bridgehead atoms. The largest absolute Gasteiger partial charge is 0.673 e. The average Bonchev–Trinajstić information content (AvgIpc) is 2.33. The standard InChI is InChI=1S/C13H28N.BF4/c1-3-5-10-14(11-6-4-2)12-8-7-9-13-14;2-1(3,4)5/h3-13H2,1-2H3;/q+1;-1. The van der Waals surface area contributed by atoms with E-state index in [1.165, 1.54) is 75.6 Å². The van der Waals surface area contributed by atoms with Crippen molar-refractivity contribution in [1.29, 1.82) is 0 Å². The van der Waals surface area contributed by atoms with Crippen LogP contribution in [0.15, 0.2) is 0 Å². The Kier molecular flexibility index (Phi) is 9.49. The molecule has 1 aliphatic rings. The summed E-state index contributed by atoms with van der Waals surface area (Å²) in [6.07, 6.45) is 10.0. The summed E-state index contributed by atoms with van der Waals surface area (Å²) in [7, 11) is -6.00. The van der Waals surface area contributed by atoms with Gasteiger partial charge in [0.25, 0.3) is 0 Å². The molecule has 0 spiro atoms. The molecule has 0 saturated carbocycles. The number of likely N-dealkylation sites (tertiary alicyclic amines) is 1. The molecule has 1 rings (SSSR count). The quantitative estimate of drug-likeness (QED) is 0.370. The maximum Gasteiger partial charge on any atom is 0.673 e. The Morgan fingerprint density at radius 1 is 0.789 bits per heavy atom. The van der Waals surface area contributed by atoms with Gasteiger partial charge in [0.15, 0.2) is 0 Å². The Balaban J connectivity index is 0.000000555. The highest BCUT2D eigenvalue weighted by Crippen LogP contribution is 2.21. The smallest absolute Gasteiger partial charge is 0.418 e. The third-order valence-corrected chi connectivity index (χ3v) is 3.74. The molecule has 0 aromatic rings. The van der Waals surface area contributed by atoms with Crippen molar-refractivity contribution in [3.63, 3.8) is 0 Å². The van der Waals surface area contributed by atoms with Crippen molar-refractivity contribution in [3.8, 4) is 0 Å². The van der Waals surface area contributed by atoms with Gasteiger partial charge in [0, 0.05) is 0 Å². The maximum atomic E-state index is 9.75. The highest BCUT2D eigenvalue weighted by molar-refractivity contribution is 6.50. The van der Waals surface area contributed by atoms with Crippen LogP contribution in [-0.4, -0.2) is 37.9 Å². The van der Waals surface area contributed by atoms with Crippen LogP contribution < -0.4 is 0 Å². The van der Waals surface area contributed by atoms with Crippen molar-refractivity contribution in [3.05, 3.63) is 0 Å². The minimum atomic E-state index is -6.00. The molecule has 116 valence electrons. The van der Waals surface area contributed by atoms with Crippen LogP contribution in [0.5, 0.6) is 0 Å².